The Balaban J connectivity index is 1.42. The largest absolute Gasteiger partial charge is 0.351 e. The normalized spacial score (nSPS) is 14.5. The number of urea groups is 1. The summed E-state index contributed by atoms with van der Waals surface area (Å²) in [6.07, 6.45) is 4.65. The van der Waals surface area contributed by atoms with Crippen LogP contribution >= 0.6 is 22.7 Å². The number of thiazole rings is 1. The lowest BCUT2D eigenvalue weighted by molar-refractivity contribution is -0.120. The Kier molecular flexibility index (Phi) is 5.81. The Bertz CT molecular complexity index is 678. The molecule has 0 atom stereocenters. The van der Waals surface area contributed by atoms with Crippen molar-refractivity contribution in [2.75, 3.05) is 5.32 Å². The molecule has 1 aliphatic rings. The summed E-state index contributed by atoms with van der Waals surface area (Å²) >= 11 is 2.94. The van der Waals surface area contributed by atoms with E-state index in [1.165, 1.54) is 24.2 Å². The Morgan fingerprint density at radius 2 is 2.08 bits per heavy atom. The van der Waals surface area contributed by atoms with Crippen molar-refractivity contribution in [3.8, 4) is 0 Å². The summed E-state index contributed by atoms with van der Waals surface area (Å²) in [5.41, 5.74) is 0.667. The molecule has 0 unspecified atom stereocenters. The van der Waals surface area contributed by atoms with Crippen molar-refractivity contribution in [2.24, 2.45) is 0 Å². The van der Waals surface area contributed by atoms with E-state index >= 15 is 0 Å². The second-order valence-electron chi connectivity index (χ2n) is 5.76. The molecule has 3 rings (SSSR count). The molecular formula is C16H20N4O2S2. The van der Waals surface area contributed by atoms with E-state index in [4.69, 9.17) is 0 Å². The minimum absolute atomic E-state index is 0.0735. The molecule has 1 fully saturated rings. The van der Waals surface area contributed by atoms with Crippen molar-refractivity contribution in [2.45, 2.75) is 44.7 Å². The molecule has 0 aromatic carbocycles. The predicted octanol–water partition coefficient (Wildman–Crippen LogP) is 3.13. The molecule has 3 N–H and O–H groups in total. The van der Waals surface area contributed by atoms with Crippen molar-refractivity contribution in [3.63, 3.8) is 0 Å². The second-order valence-corrected chi connectivity index (χ2v) is 7.65. The molecule has 3 amide bonds. The highest BCUT2D eigenvalue weighted by atomic mass is 32.1. The van der Waals surface area contributed by atoms with Gasteiger partial charge in [-0.2, -0.15) is 0 Å². The number of hydrogen-bond acceptors (Lipinski definition) is 5. The number of thiophene rings is 1. The molecule has 0 saturated heterocycles. The highest BCUT2D eigenvalue weighted by molar-refractivity contribution is 7.14. The van der Waals surface area contributed by atoms with Crippen LogP contribution in [0.15, 0.2) is 22.9 Å². The van der Waals surface area contributed by atoms with Crippen molar-refractivity contribution < 1.29 is 9.59 Å². The number of rotatable bonds is 6. The Hall–Kier alpha value is -1.93. The van der Waals surface area contributed by atoms with E-state index in [-0.39, 0.29) is 24.4 Å². The molecule has 128 valence electrons. The van der Waals surface area contributed by atoms with E-state index in [0.717, 1.165) is 17.7 Å². The van der Waals surface area contributed by atoms with Crippen molar-refractivity contribution in [1.29, 1.82) is 0 Å². The summed E-state index contributed by atoms with van der Waals surface area (Å²) < 4.78 is 0. The summed E-state index contributed by atoms with van der Waals surface area (Å²) in [6, 6.07) is 4.00. The molecule has 1 aliphatic carbocycles. The van der Waals surface area contributed by atoms with Crippen LogP contribution in [-0.2, 0) is 17.8 Å². The van der Waals surface area contributed by atoms with Crippen molar-refractivity contribution >= 4 is 39.7 Å². The van der Waals surface area contributed by atoms with Gasteiger partial charge in [-0.1, -0.05) is 18.9 Å². The van der Waals surface area contributed by atoms with Gasteiger partial charge in [0.15, 0.2) is 5.13 Å². The minimum atomic E-state index is -0.218. The molecule has 6 nitrogen and oxygen atoms in total. The molecule has 1 saturated carbocycles. The van der Waals surface area contributed by atoms with Gasteiger partial charge in [0, 0.05) is 16.3 Å². The number of nitrogens with one attached hydrogen (secondary N) is 3. The van der Waals surface area contributed by atoms with E-state index in [0.29, 0.717) is 17.4 Å². The quantitative estimate of drug-likeness (QED) is 0.736. The van der Waals surface area contributed by atoms with Crippen LogP contribution in [0.1, 0.15) is 36.3 Å². The van der Waals surface area contributed by atoms with E-state index in [9.17, 15) is 9.59 Å². The first-order chi connectivity index (χ1) is 11.7. The van der Waals surface area contributed by atoms with Crippen molar-refractivity contribution in [1.82, 2.24) is 15.6 Å². The lowest BCUT2D eigenvalue weighted by atomic mass is 10.3. The van der Waals surface area contributed by atoms with E-state index in [2.05, 4.69) is 20.9 Å². The fraction of sp³-hybridized carbons (Fsp3) is 0.438. The molecule has 0 aliphatic heterocycles. The monoisotopic (exact) mass is 364 g/mol. The molecule has 24 heavy (non-hydrogen) atoms. The number of hydrogen-bond donors (Lipinski definition) is 3. The van der Waals surface area contributed by atoms with Crippen molar-refractivity contribution in [3.05, 3.63) is 33.5 Å². The van der Waals surface area contributed by atoms with Gasteiger partial charge < -0.3 is 10.6 Å². The smallest absolute Gasteiger partial charge is 0.321 e. The third-order valence-electron chi connectivity index (χ3n) is 3.84. The summed E-state index contributed by atoms with van der Waals surface area (Å²) in [4.78, 5) is 29.2. The summed E-state index contributed by atoms with van der Waals surface area (Å²) in [7, 11) is 0. The zero-order chi connectivity index (χ0) is 16.8. The summed E-state index contributed by atoms with van der Waals surface area (Å²) in [6.45, 7) is 0.537. The third-order valence-corrected chi connectivity index (χ3v) is 5.53. The van der Waals surface area contributed by atoms with Gasteiger partial charge in [-0.15, -0.1) is 22.7 Å². The lowest BCUT2D eigenvalue weighted by Gasteiger charge is -2.11. The number of carbonyl (C=O) groups excluding carboxylic acids is 2. The maximum atomic E-state index is 11.9. The Morgan fingerprint density at radius 1 is 1.25 bits per heavy atom. The molecule has 2 aromatic heterocycles. The van der Waals surface area contributed by atoms with Crippen LogP contribution in [0.25, 0.3) is 0 Å². The highest BCUT2D eigenvalue weighted by Crippen LogP contribution is 2.19. The van der Waals surface area contributed by atoms with Crippen LogP contribution in [0.2, 0.25) is 0 Å². The molecule has 0 spiro atoms. The van der Waals surface area contributed by atoms with Crippen LogP contribution < -0.4 is 16.0 Å². The Morgan fingerprint density at radius 3 is 2.83 bits per heavy atom. The minimum Gasteiger partial charge on any atom is -0.351 e. The molecule has 2 aromatic rings. The number of nitrogens with zero attached hydrogens (tertiary/aromatic N) is 1. The average Bonchev–Trinajstić information content (AvgIpc) is 3.28. The third kappa shape index (κ3) is 5.04. The topological polar surface area (TPSA) is 83.1 Å². The molecular weight excluding hydrogens is 344 g/mol. The maximum Gasteiger partial charge on any atom is 0.321 e. The lowest BCUT2D eigenvalue weighted by Crippen LogP contribution is -2.36. The fourth-order valence-corrected chi connectivity index (χ4v) is 4.01. The van der Waals surface area contributed by atoms with Crippen LogP contribution in [0.4, 0.5) is 9.93 Å². The average molecular weight is 364 g/mol. The standard InChI is InChI=1S/C16H20N4O2S2/c21-14(17-9-13-6-3-7-23-13)8-12-10-24-16(19-12)20-15(22)18-11-4-1-2-5-11/h3,6-7,10-11H,1-2,4-5,8-9H2,(H,17,21)(H2,18,19,20,22). The van der Waals surface area contributed by atoms with Gasteiger partial charge in [0.25, 0.3) is 0 Å². The van der Waals surface area contributed by atoms with Crippen LogP contribution in [0.3, 0.4) is 0 Å². The predicted molar refractivity (Wildman–Crippen MR) is 96.4 cm³/mol. The van der Waals surface area contributed by atoms with E-state index < -0.39 is 0 Å². The molecule has 0 radical (unpaired) electrons. The number of aromatic nitrogens is 1. The Labute approximate surface area is 148 Å². The van der Waals surface area contributed by atoms with Gasteiger partial charge in [0.05, 0.1) is 18.7 Å². The first-order valence-corrected chi connectivity index (χ1v) is 9.76. The maximum absolute atomic E-state index is 11.9. The zero-order valence-electron chi connectivity index (χ0n) is 13.2. The van der Waals surface area contributed by atoms with Gasteiger partial charge in [0.1, 0.15) is 0 Å². The van der Waals surface area contributed by atoms with Gasteiger partial charge in [-0.25, -0.2) is 9.78 Å². The first-order valence-electron chi connectivity index (χ1n) is 8.00. The first kappa shape index (κ1) is 16.9. The fourth-order valence-electron chi connectivity index (χ4n) is 2.66. The van der Waals surface area contributed by atoms with Gasteiger partial charge in [-0.05, 0) is 24.3 Å². The van der Waals surface area contributed by atoms with Gasteiger partial charge in [-0.3, -0.25) is 10.1 Å². The number of anilines is 1. The SMILES string of the molecule is O=C(Cc1csc(NC(=O)NC2CCCC2)n1)NCc1cccs1. The number of amides is 3. The molecule has 2 heterocycles. The van der Waals surface area contributed by atoms with Crippen LogP contribution in [0.5, 0.6) is 0 Å². The van der Waals surface area contributed by atoms with Gasteiger partial charge in [0.2, 0.25) is 5.91 Å². The second kappa shape index (κ2) is 8.25. The molecule has 8 heteroatoms. The van der Waals surface area contributed by atoms with Crippen LogP contribution in [0, 0.1) is 0 Å². The van der Waals surface area contributed by atoms with Gasteiger partial charge >= 0.3 is 6.03 Å². The summed E-state index contributed by atoms with van der Waals surface area (Å²) in [5, 5.41) is 12.9. The van der Waals surface area contributed by atoms with Crippen LogP contribution in [-0.4, -0.2) is 23.0 Å². The highest BCUT2D eigenvalue weighted by Gasteiger charge is 2.17. The van der Waals surface area contributed by atoms with E-state index in [1.807, 2.05) is 17.5 Å². The molecule has 0 bridgehead atoms. The van der Waals surface area contributed by atoms with E-state index in [1.54, 1.807) is 16.7 Å². The summed E-state index contributed by atoms with van der Waals surface area (Å²) in [5.74, 6) is -0.0735. The zero-order valence-corrected chi connectivity index (χ0v) is 14.8. The number of carbonyl (C=O) groups is 2.